The number of nitrogens with zero attached hydrogens (tertiary/aromatic N) is 1. The van der Waals surface area contributed by atoms with Crippen LogP contribution in [0, 0.1) is 0 Å². The number of carbonyl (C=O) groups excluding carboxylic acids is 1. The van der Waals surface area contributed by atoms with Gasteiger partial charge in [0.05, 0.1) is 0 Å². The van der Waals surface area contributed by atoms with Crippen LogP contribution in [0.5, 0.6) is 0 Å². The Morgan fingerprint density at radius 1 is 1.36 bits per heavy atom. The van der Waals surface area contributed by atoms with Crippen LogP contribution in [0.1, 0.15) is 26.7 Å². The average molecular weight is 202 g/mol. The number of nitrogens with one attached hydrogen (secondary N) is 1. The lowest BCUT2D eigenvalue weighted by atomic mass is 10.3. The van der Waals surface area contributed by atoms with Crippen LogP contribution in [-0.4, -0.2) is 44.3 Å². The molecule has 0 heterocycles. The van der Waals surface area contributed by atoms with Crippen LogP contribution in [0.2, 0.25) is 0 Å². The number of carbonyl (C=O) groups is 1. The lowest BCUT2D eigenvalue weighted by Gasteiger charge is -2.15. The predicted octanol–water partition coefficient (Wildman–Crippen LogP) is 1.46. The molecule has 0 bridgehead atoms. The van der Waals surface area contributed by atoms with Crippen molar-refractivity contribution in [3.63, 3.8) is 0 Å². The lowest BCUT2D eigenvalue weighted by Crippen LogP contribution is -2.29. The highest BCUT2D eigenvalue weighted by atomic mass is 16.5. The molecule has 4 nitrogen and oxygen atoms in total. The zero-order valence-electron chi connectivity index (χ0n) is 9.51. The van der Waals surface area contributed by atoms with Crippen LogP contribution in [0.25, 0.3) is 0 Å². The topological polar surface area (TPSA) is 41.6 Å². The van der Waals surface area contributed by atoms with Crippen molar-refractivity contribution in [1.82, 2.24) is 10.2 Å². The van der Waals surface area contributed by atoms with Gasteiger partial charge in [-0.1, -0.05) is 13.3 Å². The van der Waals surface area contributed by atoms with Crippen molar-refractivity contribution in [1.29, 1.82) is 0 Å². The molecule has 14 heavy (non-hydrogen) atoms. The highest BCUT2D eigenvalue weighted by molar-refractivity contribution is 5.66. The summed E-state index contributed by atoms with van der Waals surface area (Å²) in [5.74, 6) is 0. The molecule has 0 unspecified atom stereocenters. The molecular formula is C10H22N2O2. The van der Waals surface area contributed by atoms with Crippen molar-refractivity contribution < 1.29 is 9.53 Å². The zero-order valence-corrected chi connectivity index (χ0v) is 9.51. The van der Waals surface area contributed by atoms with E-state index in [0.29, 0.717) is 13.2 Å². The molecule has 0 saturated heterocycles. The zero-order chi connectivity index (χ0) is 10.8. The summed E-state index contributed by atoms with van der Waals surface area (Å²) in [5, 5.41) is 2.58. The molecule has 0 aromatic heterocycles. The summed E-state index contributed by atoms with van der Waals surface area (Å²) in [4.78, 5) is 13.1. The molecule has 0 fully saturated rings. The summed E-state index contributed by atoms with van der Waals surface area (Å²) in [5.41, 5.74) is 0. The van der Waals surface area contributed by atoms with E-state index in [4.69, 9.17) is 4.74 Å². The fourth-order valence-corrected chi connectivity index (χ4v) is 1.03. The summed E-state index contributed by atoms with van der Waals surface area (Å²) in [6, 6.07) is 0. The maximum absolute atomic E-state index is 10.9. The number of rotatable bonds is 7. The monoisotopic (exact) mass is 202 g/mol. The van der Waals surface area contributed by atoms with Gasteiger partial charge in [0.1, 0.15) is 6.61 Å². The molecule has 84 valence electrons. The number of amides is 1. The average Bonchev–Trinajstić information content (AvgIpc) is 2.15. The first kappa shape index (κ1) is 13.2. The number of alkyl carbamates (subject to hydrolysis) is 1. The van der Waals surface area contributed by atoms with E-state index in [0.717, 1.165) is 13.1 Å². The highest BCUT2D eigenvalue weighted by Gasteiger charge is 2.01. The summed E-state index contributed by atoms with van der Waals surface area (Å²) >= 11 is 0. The van der Waals surface area contributed by atoms with Gasteiger partial charge < -0.3 is 15.0 Å². The van der Waals surface area contributed by atoms with Crippen molar-refractivity contribution >= 4 is 6.09 Å². The summed E-state index contributed by atoms with van der Waals surface area (Å²) < 4.78 is 4.94. The highest BCUT2D eigenvalue weighted by Crippen LogP contribution is 1.91. The molecule has 1 N–H and O–H groups in total. The normalized spacial score (nSPS) is 10.3. The molecular weight excluding hydrogens is 180 g/mol. The van der Waals surface area contributed by atoms with Crippen LogP contribution in [-0.2, 0) is 4.74 Å². The van der Waals surface area contributed by atoms with E-state index in [1.54, 1.807) is 0 Å². The van der Waals surface area contributed by atoms with Gasteiger partial charge in [0.25, 0.3) is 0 Å². The predicted molar refractivity (Wildman–Crippen MR) is 57.4 cm³/mol. The van der Waals surface area contributed by atoms with Crippen molar-refractivity contribution in [2.45, 2.75) is 26.7 Å². The third-order valence-corrected chi connectivity index (χ3v) is 1.92. The van der Waals surface area contributed by atoms with Gasteiger partial charge in [-0.05, 0) is 26.9 Å². The molecule has 0 aromatic rings. The van der Waals surface area contributed by atoms with Gasteiger partial charge in [-0.2, -0.15) is 0 Å². The number of ether oxygens (including phenoxy) is 1. The van der Waals surface area contributed by atoms with Gasteiger partial charge in [-0.3, -0.25) is 0 Å². The third-order valence-electron chi connectivity index (χ3n) is 1.92. The molecule has 0 aromatic carbocycles. The Morgan fingerprint density at radius 2 is 2.07 bits per heavy atom. The van der Waals surface area contributed by atoms with Crippen LogP contribution >= 0.6 is 0 Å². The second-order valence-corrected chi connectivity index (χ2v) is 3.32. The SMILES string of the molecule is CCCCN(C)CCOC(=O)NCC. The first-order chi connectivity index (χ1) is 6.70. The van der Waals surface area contributed by atoms with Crippen LogP contribution < -0.4 is 5.32 Å². The Kier molecular flexibility index (Phi) is 8.33. The number of hydrogen-bond donors (Lipinski definition) is 1. The van der Waals surface area contributed by atoms with Crippen molar-refractivity contribution in [3.8, 4) is 0 Å². The Morgan fingerprint density at radius 3 is 2.64 bits per heavy atom. The first-order valence-corrected chi connectivity index (χ1v) is 5.29. The Balaban J connectivity index is 3.29. The maximum Gasteiger partial charge on any atom is 0.407 e. The second-order valence-electron chi connectivity index (χ2n) is 3.32. The Hall–Kier alpha value is -0.770. The Bertz CT molecular complexity index is 151. The van der Waals surface area contributed by atoms with Crippen LogP contribution in [0.4, 0.5) is 4.79 Å². The van der Waals surface area contributed by atoms with E-state index in [1.165, 1.54) is 12.8 Å². The van der Waals surface area contributed by atoms with Crippen molar-refractivity contribution in [3.05, 3.63) is 0 Å². The molecule has 4 heteroatoms. The van der Waals surface area contributed by atoms with Crippen molar-refractivity contribution in [2.24, 2.45) is 0 Å². The number of hydrogen-bond acceptors (Lipinski definition) is 3. The van der Waals surface area contributed by atoms with Gasteiger partial charge in [0, 0.05) is 13.1 Å². The molecule has 0 aliphatic carbocycles. The van der Waals surface area contributed by atoms with Crippen LogP contribution in [0.15, 0.2) is 0 Å². The van der Waals surface area contributed by atoms with Gasteiger partial charge in [-0.25, -0.2) is 4.79 Å². The second kappa shape index (κ2) is 8.81. The summed E-state index contributed by atoms with van der Waals surface area (Å²) in [6.45, 7) is 6.98. The number of likely N-dealkylation sites (N-methyl/N-ethyl adjacent to an activating group) is 1. The van der Waals surface area contributed by atoms with E-state index in [9.17, 15) is 4.79 Å². The fraction of sp³-hybridized carbons (Fsp3) is 0.900. The summed E-state index contributed by atoms with van der Waals surface area (Å²) in [6.07, 6.45) is 2.07. The molecule has 0 radical (unpaired) electrons. The van der Waals surface area contributed by atoms with E-state index in [-0.39, 0.29) is 6.09 Å². The largest absolute Gasteiger partial charge is 0.448 e. The molecule has 1 amide bonds. The molecule has 0 aliphatic heterocycles. The van der Waals surface area contributed by atoms with Gasteiger partial charge in [0.15, 0.2) is 0 Å². The molecule has 0 spiro atoms. The first-order valence-electron chi connectivity index (χ1n) is 5.29. The van der Waals surface area contributed by atoms with E-state index >= 15 is 0 Å². The molecule has 0 atom stereocenters. The minimum absolute atomic E-state index is 0.323. The molecule has 0 saturated carbocycles. The molecule has 0 rings (SSSR count). The van der Waals surface area contributed by atoms with E-state index in [1.807, 2.05) is 14.0 Å². The summed E-state index contributed by atoms with van der Waals surface area (Å²) in [7, 11) is 2.04. The minimum Gasteiger partial charge on any atom is -0.448 e. The maximum atomic E-state index is 10.9. The fourth-order valence-electron chi connectivity index (χ4n) is 1.03. The number of unbranched alkanes of at least 4 members (excludes halogenated alkanes) is 1. The van der Waals surface area contributed by atoms with Gasteiger partial charge >= 0.3 is 6.09 Å². The van der Waals surface area contributed by atoms with Gasteiger partial charge in [0.2, 0.25) is 0 Å². The van der Waals surface area contributed by atoms with E-state index in [2.05, 4.69) is 17.1 Å². The van der Waals surface area contributed by atoms with Gasteiger partial charge in [-0.15, -0.1) is 0 Å². The van der Waals surface area contributed by atoms with Crippen LogP contribution in [0.3, 0.4) is 0 Å². The Labute approximate surface area is 86.6 Å². The lowest BCUT2D eigenvalue weighted by molar-refractivity contribution is 0.133. The quantitative estimate of drug-likeness (QED) is 0.679. The standard InChI is InChI=1S/C10H22N2O2/c1-4-6-7-12(3)8-9-14-10(13)11-5-2/h4-9H2,1-3H3,(H,11,13). The van der Waals surface area contributed by atoms with Crippen molar-refractivity contribution in [2.75, 3.05) is 33.3 Å². The smallest absolute Gasteiger partial charge is 0.407 e. The minimum atomic E-state index is -0.323. The third kappa shape index (κ3) is 7.86. The molecule has 0 aliphatic rings. The van der Waals surface area contributed by atoms with E-state index < -0.39 is 0 Å².